The van der Waals surface area contributed by atoms with Crippen molar-refractivity contribution < 1.29 is 29.5 Å². The van der Waals surface area contributed by atoms with Gasteiger partial charge >= 0.3 is 11.4 Å². The lowest BCUT2D eigenvalue weighted by atomic mass is 10.2. The highest BCUT2D eigenvalue weighted by Gasteiger charge is 2.28. The van der Waals surface area contributed by atoms with Crippen LogP contribution in [0.5, 0.6) is 0 Å². The van der Waals surface area contributed by atoms with Gasteiger partial charge in [0.2, 0.25) is 0 Å². The van der Waals surface area contributed by atoms with Crippen molar-refractivity contribution in [2.45, 2.75) is 69.6 Å². The summed E-state index contributed by atoms with van der Waals surface area (Å²) < 4.78 is 20.8. The summed E-state index contributed by atoms with van der Waals surface area (Å²) in [4.78, 5) is 62.0. The number of nitrogens with one attached hydrogen (secondary N) is 2. The number of fused-ring (bicyclic) bond motifs is 1. The number of hydrogen-bond donors (Lipinski definition) is 6. The van der Waals surface area contributed by atoms with Crippen molar-refractivity contribution in [1.82, 2.24) is 38.6 Å². The standard InChI is InChI=1S/C10H12N4O3.C10H12N2O4.C9H13N3O3/c15-3-6-1-2-7(17-6)14-5-13-8-9(14)11-4-12-10(8)16;1-6-4-12(10(15)11-9(6)14)8-3-2-7(5-13)16-8;10-7-3-4-12(9(14)11-7)8-2-1-6(5-13)15-8/h4-7,15H,1-3H2,(H,11,12,16);2-4,7-8,13H,5H2,1H3,(H,11,14,15);3-4,6,8,13H,1-2,5H2,(H2,10,11,14)/t6-,7+;7-,8+;6-,8+/m000/s1. The molecule has 2 saturated heterocycles. The smallest absolute Gasteiger partial charge is 0.351 e. The molecule has 0 bridgehead atoms. The van der Waals surface area contributed by atoms with Crippen molar-refractivity contribution >= 4 is 17.0 Å². The SMILES string of the molecule is Cc1cn([C@H]2C=C[C@@H](CO)O2)c(=O)[nH]c1=O.Nc1ccn([C@H]2CC[C@@H](CO)O2)c(=O)n1.O=c1[nH]cnc2c1ncn2[C@H]1CC[C@@H](CO)O1. The second-order valence-electron chi connectivity index (χ2n) is 11.2. The molecule has 0 amide bonds. The highest BCUT2D eigenvalue weighted by Crippen LogP contribution is 2.29. The molecule has 6 atom stereocenters. The number of aliphatic hydroxyl groups is 3. The average molecular weight is 672 g/mol. The number of hydrogen-bond acceptors (Lipinski definition) is 14. The number of anilines is 1. The van der Waals surface area contributed by atoms with Gasteiger partial charge in [0.25, 0.3) is 11.1 Å². The zero-order chi connectivity index (χ0) is 34.4. The molecule has 3 aliphatic rings. The number of aliphatic hydroxyl groups excluding tert-OH is 3. The molecule has 4 aromatic heterocycles. The first-order chi connectivity index (χ1) is 23.1. The van der Waals surface area contributed by atoms with Crippen LogP contribution in [0.1, 0.15) is 49.9 Å². The minimum Gasteiger partial charge on any atom is -0.394 e. The van der Waals surface area contributed by atoms with Crippen molar-refractivity contribution in [2.24, 2.45) is 0 Å². The van der Waals surface area contributed by atoms with Gasteiger partial charge in [-0.1, -0.05) is 6.08 Å². The summed E-state index contributed by atoms with van der Waals surface area (Å²) in [6, 6.07) is 1.55. The summed E-state index contributed by atoms with van der Waals surface area (Å²) in [5, 5.41) is 26.8. The number of ether oxygens (including phenoxy) is 3. The van der Waals surface area contributed by atoms with Crippen LogP contribution < -0.4 is 28.2 Å². The molecular weight excluding hydrogens is 634 g/mol. The minimum absolute atomic E-state index is 0.0111. The Balaban J connectivity index is 0.000000141. The number of aryl methyl sites for hydroxylation is 1. The Morgan fingerprint density at radius 3 is 2.17 bits per heavy atom. The summed E-state index contributed by atoms with van der Waals surface area (Å²) in [6.07, 6.45) is 10.5. The molecule has 19 heteroatoms. The summed E-state index contributed by atoms with van der Waals surface area (Å²) in [5.74, 6) is 0.202. The predicted molar refractivity (Wildman–Crippen MR) is 168 cm³/mol. The minimum atomic E-state index is -0.569. The zero-order valence-electron chi connectivity index (χ0n) is 25.9. The maximum Gasteiger partial charge on any atom is 0.351 e. The third kappa shape index (κ3) is 7.84. The number of nitrogens with zero attached hydrogens (tertiary/aromatic N) is 6. The van der Waals surface area contributed by atoms with Crippen molar-refractivity contribution in [3.63, 3.8) is 0 Å². The molecule has 7 heterocycles. The molecule has 7 rings (SSSR count). The average Bonchev–Trinajstić information content (AvgIpc) is 3.90. The Labute approximate surface area is 270 Å². The van der Waals surface area contributed by atoms with E-state index in [1.807, 2.05) is 0 Å². The lowest BCUT2D eigenvalue weighted by Crippen LogP contribution is -2.33. The summed E-state index contributed by atoms with van der Waals surface area (Å²) in [6.45, 7) is 1.46. The maximum absolute atomic E-state index is 11.5. The number of imidazole rings is 1. The van der Waals surface area contributed by atoms with E-state index in [9.17, 15) is 19.2 Å². The van der Waals surface area contributed by atoms with Crippen LogP contribution in [0.25, 0.3) is 11.2 Å². The molecule has 19 nitrogen and oxygen atoms in total. The predicted octanol–water partition coefficient (Wildman–Crippen LogP) is -1.42. The number of aromatic nitrogens is 8. The second-order valence-corrected chi connectivity index (χ2v) is 11.2. The molecule has 2 fully saturated rings. The van der Waals surface area contributed by atoms with Crippen molar-refractivity contribution in [3.8, 4) is 0 Å². The van der Waals surface area contributed by atoms with Gasteiger partial charge in [0.15, 0.2) is 17.4 Å². The maximum atomic E-state index is 11.5. The third-order valence-electron chi connectivity index (χ3n) is 7.82. The second kappa shape index (κ2) is 15.4. The number of aromatic amines is 2. The van der Waals surface area contributed by atoms with Crippen LogP contribution in [0.3, 0.4) is 0 Å². The fourth-order valence-corrected chi connectivity index (χ4v) is 5.30. The van der Waals surface area contributed by atoms with Crippen LogP contribution in [0.4, 0.5) is 5.82 Å². The normalized spacial score (nSPS) is 24.7. The molecule has 258 valence electrons. The van der Waals surface area contributed by atoms with Crippen LogP contribution in [0, 0.1) is 6.92 Å². The third-order valence-corrected chi connectivity index (χ3v) is 7.82. The highest BCUT2D eigenvalue weighted by molar-refractivity contribution is 5.68. The van der Waals surface area contributed by atoms with Crippen LogP contribution in [-0.4, -0.2) is 92.1 Å². The lowest BCUT2D eigenvalue weighted by molar-refractivity contribution is -0.0245. The van der Waals surface area contributed by atoms with Crippen LogP contribution in [0.15, 0.2) is 62.4 Å². The van der Waals surface area contributed by atoms with E-state index < -0.39 is 29.3 Å². The van der Waals surface area contributed by atoms with E-state index in [-0.39, 0.29) is 55.9 Å². The van der Waals surface area contributed by atoms with Crippen molar-refractivity contribution in [3.05, 3.63) is 90.5 Å². The first kappa shape index (κ1) is 34.5. The van der Waals surface area contributed by atoms with E-state index in [1.165, 1.54) is 21.7 Å². The Morgan fingerprint density at radius 2 is 1.56 bits per heavy atom. The number of nitrogens with two attached hydrogens (primary N) is 1. The Hall–Kier alpha value is -4.79. The molecular formula is C29H37N9O10. The highest BCUT2D eigenvalue weighted by atomic mass is 16.5. The Morgan fingerprint density at radius 1 is 0.875 bits per heavy atom. The van der Waals surface area contributed by atoms with E-state index >= 15 is 0 Å². The number of H-pyrrole nitrogens is 2. The fourth-order valence-electron chi connectivity index (χ4n) is 5.30. The quantitative estimate of drug-likeness (QED) is 0.128. The van der Waals surface area contributed by atoms with Crippen LogP contribution in [0.2, 0.25) is 0 Å². The van der Waals surface area contributed by atoms with E-state index in [0.717, 1.165) is 19.3 Å². The Bertz CT molecular complexity index is 1970. The first-order valence-electron chi connectivity index (χ1n) is 15.2. The van der Waals surface area contributed by atoms with Gasteiger partial charge in [-0.2, -0.15) is 4.98 Å². The van der Waals surface area contributed by atoms with Crippen LogP contribution in [-0.2, 0) is 14.2 Å². The van der Waals surface area contributed by atoms with Gasteiger partial charge in [-0.15, -0.1) is 0 Å². The first-order valence-corrected chi connectivity index (χ1v) is 15.2. The Kier molecular flexibility index (Phi) is 11.1. The lowest BCUT2D eigenvalue weighted by Gasteiger charge is -2.14. The topological polar surface area (TPSA) is 268 Å². The molecule has 0 aromatic carbocycles. The molecule has 0 spiro atoms. The van der Waals surface area contributed by atoms with E-state index in [2.05, 4.69) is 24.9 Å². The zero-order valence-corrected chi connectivity index (χ0v) is 25.9. The van der Waals surface area contributed by atoms with Gasteiger partial charge in [-0.25, -0.2) is 19.6 Å². The van der Waals surface area contributed by atoms with Gasteiger partial charge in [0.05, 0.1) is 44.7 Å². The monoisotopic (exact) mass is 671 g/mol. The van der Waals surface area contributed by atoms with Crippen molar-refractivity contribution in [2.75, 3.05) is 25.6 Å². The molecule has 0 radical (unpaired) electrons. The van der Waals surface area contributed by atoms with E-state index in [0.29, 0.717) is 23.1 Å². The largest absolute Gasteiger partial charge is 0.394 e. The molecule has 48 heavy (non-hydrogen) atoms. The van der Waals surface area contributed by atoms with Gasteiger partial charge in [-0.05, 0) is 44.7 Å². The van der Waals surface area contributed by atoms with Crippen molar-refractivity contribution in [1.29, 1.82) is 0 Å². The number of rotatable bonds is 6. The molecule has 0 saturated carbocycles. The van der Waals surface area contributed by atoms with Gasteiger partial charge in [0.1, 0.15) is 24.4 Å². The van der Waals surface area contributed by atoms with Gasteiger partial charge in [0, 0.05) is 18.0 Å². The summed E-state index contributed by atoms with van der Waals surface area (Å²) in [5.41, 5.74) is 5.03. The molecule has 3 aliphatic heterocycles. The number of nitrogen functional groups attached to an aromatic ring is 1. The fraction of sp³-hybridized carbons (Fsp3) is 0.483. The van der Waals surface area contributed by atoms with E-state index in [4.69, 9.17) is 35.3 Å². The molecule has 0 aliphatic carbocycles. The molecule has 4 aromatic rings. The van der Waals surface area contributed by atoms with Gasteiger partial charge in [-0.3, -0.25) is 28.3 Å². The summed E-state index contributed by atoms with van der Waals surface area (Å²) >= 11 is 0. The molecule has 7 N–H and O–H groups in total. The van der Waals surface area contributed by atoms with E-state index in [1.54, 1.807) is 42.2 Å². The van der Waals surface area contributed by atoms with Gasteiger partial charge < -0.3 is 40.2 Å². The summed E-state index contributed by atoms with van der Waals surface area (Å²) in [7, 11) is 0. The molecule has 0 unspecified atom stereocenters. The van der Waals surface area contributed by atoms with Crippen LogP contribution >= 0.6 is 0 Å².